The second-order valence-electron chi connectivity index (χ2n) is 4.03. The third-order valence-electron chi connectivity index (χ3n) is 2.25. The van der Waals surface area contributed by atoms with E-state index in [1.165, 1.54) is 0 Å². The van der Waals surface area contributed by atoms with Crippen molar-refractivity contribution in [3.8, 4) is 17.6 Å². The van der Waals surface area contributed by atoms with E-state index >= 15 is 0 Å². The second kappa shape index (κ2) is 7.41. The zero-order chi connectivity index (χ0) is 14.3. The Labute approximate surface area is 113 Å². The van der Waals surface area contributed by atoms with Gasteiger partial charge in [0.25, 0.3) is 5.91 Å². The SMILES string of the molecule is COc1ccc(C(=O)NN(C)C)cc1C#CCCO. The van der Waals surface area contributed by atoms with Gasteiger partial charge in [0.15, 0.2) is 0 Å². The number of carbonyl (C=O) groups excluding carboxylic acids is 1. The minimum absolute atomic E-state index is 0.0100. The van der Waals surface area contributed by atoms with Crippen LogP contribution in [0.25, 0.3) is 0 Å². The fourth-order valence-corrected chi connectivity index (χ4v) is 1.43. The highest BCUT2D eigenvalue weighted by molar-refractivity contribution is 5.94. The lowest BCUT2D eigenvalue weighted by Gasteiger charge is -2.12. The third kappa shape index (κ3) is 4.62. The van der Waals surface area contributed by atoms with Crippen molar-refractivity contribution in [2.75, 3.05) is 27.8 Å². The lowest BCUT2D eigenvalue weighted by atomic mass is 10.1. The molecule has 19 heavy (non-hydrogen) atoms. The molecule has 0 saturated heterocycles. The first-order chi connectivity index (χ1) is 9.08. The maximum absolute atomic E-state index is 11.9. The van der Waals surface area contributed by atoms with Crippen LogP contribution in [0.15, 0.2) is 18.2 Å². The smallest absolute Gasteiger partial charge is 0.265 e. The highest BCUT2D eigenvalue weighted by atomic mass is 16.5. The Morgan fingerprint density at radius 3 is 2.79 bits per heavy atom. The molecule has 1 aromatic carbocycles. The van der Waals surface area contributed by atoms with Gasteiger partial charge in [0.05, 0.1) is 19.3 Å². The van der Waals surface area contributed by atoms with E-state index in [4.69, 9.17) is 9.84 Å². The highest BCUT2D eigenvalue weighted by Gasteiger charge is 2.09. The van der Waals surface area contributed by atoms with E-state index in [2.05, 4.69) is 17.3 Å². The van der Waals surface area contributed by atoms with Crippen molar-refractivity contribution in [3.63, 3.8) is 0 Å². The lowest BCUT2D eigenvalue weighted by Crippen LogP contribution is -2.36. The highest BCUT2D eigenvalue weighted by Crippen LogP contribution is 2.18. The van der Waals surface area contributed by atoms with Crippen LogP contribution in [0.4, 0.5) is 0 Å². The number of aliphatic hydroxyl groups excluding tert-OH is 1. The van der Waals surface area contributed by atoms with Crippen LogP contribution >= 0.6 is 0 Å². The van der Waals surface area contributed by atoms with Crippen LogP contribution in [0, 0.1) is 11.8 Å². The molecule has 0 aromatic heterocycles. The number of nitrogens with zero attached hydrogens (tertiary/aromatic N) is 1. The molecule has 0 aliphatic rings. The predicted molar refractivity (Wildman–Crippen MR) is 72.7 cm³/mol. The number of hydrogen-bond donors (Lipinski definition) is 2. The van der Waals surface area contributed by atoms with Gasteiger partial charge in [-0.1, -0.05) is 11.8 Å². The van der Waals surface area contributed by atoms with Gasteiger partial charge in [-0.15, -0.1) is 0 Å². The predicted octanol–water partition coefficient (Wildman–Crippen LogP) is 0.635. The quantitative estimate of drug-likeness (QED) is 0.617. The molecule has 0 atom stereocenters. The van der Waals surface area contributed by atoms with Gasteiger partial charge in [0.1, 0.15) is 5.75 Å². The van der Waals surface area contributed by atoms with E-state index in [9.17, 15) is 4.79 Å². The van der Waals surface area contributed by atoms with Gasteiger partial charge in [-0.3, -0.25) is 10.2 Å². The molecule has 0 aliphatic heterocycles. The monoisotopic (exact) mass is 262 g/mol. The first-order valence-corrected chi connectivity index (χ1v) is 5.84. The van der Waals surface area contributed by atoms with Crippen LogP contribution in [0.5, 0.6) is 5.75 Å². The fourth-order valence-electron chi connectivity index (χ4n) is 1.43. The number of benzene rings is 1. The summed E-state index contributed by atoms with van der Waals surface area (Å²) in [4.78, 5) is 11.9. The van der Waals surface area contributed by atoms with Crippen LogP contribution in [0.3, 0.4) is 0 Å². The summed E-state index contributed by atoms with van der Waals surface area (Å²) in [7, 11) is 5.03. The number of methoxy groups -OCH3 is 1. The van der Waals surface area contributed by atoms with Crippen molar-refractivity contribution < 1.29 is 14.6 Å². The van der Waals surface area contributed by atoms with E-state index in [-0.39, 0.29) is 12.5 Å². The minimum Gasteiger partial charge on any atom is -0.495 e. The average Bonchev–Trinajstić information content (AvgIpc) is 2.38. The maximum atomic E-state index is 11.9. The molecule has 0 aliphatic carbocycles. The minimum atomic E-state index is -0.210. The summed E-state index contributed by atoms with van der Waals surface area (Å²) in [5.74, 6) is 6.09. The Kier molecular flexibility index (Phi) is 5.86. The molecule has 0 radical (unpaired) electrons. The molecular weight excluding hydrogens is 244 g/mol. The van der Waals surface area contributed by atoms with E-state index in [0.717, 1.165) is 0 Å². The molecule has 0 heterocycles. The number of hydrazine groups is 1. The van der Waals surface area contributed by atoms with Gasteiger partial charge >= 0.3 is 0 Å². The van der Waals surface area contributed by atoms with Crippen molar-refractivity contribution in [2.45, 2.75) is 6.42 Å². The number of carbonyl (C=O) groups is 1. The maximum Gasteiger partial charge on any atom is 0.265 e. The summed E-state index contributed by atoms with van der Waals surface area (Å²) in [6, 6.07) is 5.05. The molecule has 0 unspecified atom stereocenters. The summed E-state index contributed by atoms with van der Waals surface area (Å²) >= 11 is 0. The normalized spacial score (nSPS) is 9.74. The molecule has 2 N–H and O–H groups in total. The second-order valence-corrected chi connectivity index (χ2v) is 4.03. The Bertz CT molecular complexity index is 501. The lowest BCUT2D eigenvalue weighted by molar-refractivity contribution is 0.0857. The summed E-state index contributed by atoms with van der Waals surface area (Å²) in [6.07, 6.45) is 0.386. The standard InChI is InChI=1S/C14H18N2O3/c1-16(2)15-14(18)12-7-8-13(19-3)11(10-12)6-4-5-9-17/h7-8,10,17H,5,9H2,1-3H3,(H,15,18). The number of rotatable bonds is 4. The molecule has 0 saturated carbocycles. The third-order valence-corrected chi connectivity index (χ3v) is 2.25. The van der Waals surface area contributed by atoms with Gasteiger partial charge in [-0.05, 0) is 18.2 Å². The van der Waals surface area contributed by atoms with Crippen molar-refractivity contribution in [2.24, 2.45) is 0 Å². The average molecular weight is 262 g/mol. The van der Waals surface area contributed by atoms with Crippen LogP contribution in [0.2, 0.25) is 0 Å². The Balaban J connectivity index is 3.02. The number of amides is 1. The van der Waals surface area contributed by atoms with Crippen molar-refractivity contribution in [1.82, 2.24) is 10.4 Å². The number of aliphatic hydroxyl groups is 1. The van der Waals surface area contributed by atoms with E-state index in [1.807, 2.05) is 0 Å². The number of hydrogen-bond acceptors (Lipinski definition) is 4. The summed E-state index contributed by atoms with van der Waals surface area (Å²) in [6.45, 7) is 0.0100. The van der Waals surface area contributed by atoms with E-state index in [0.29, 0.717) is 23.3 Å². The molecule has 5 heteroatoms. The molecule has 1 aromatic rings. The van der Waals surface area contributed by atoms with Crippen molar-refractivity contribution in [1.29, 1.82) is 0 Å². The Hall–Kier alpha value is -2.03. The van der Waals surface area contributed by atoms with Crippen LogP contribution in [-0.2, 0) is 0 Å². The van der Waals surface area contributed by atoms with Crippen LogP contribution in [0.1, 0.15) is 22.3 Å². The summed E-state index contributed by atoms with van der Waals surface area (Å²) in [5, 5.41) is 10.3. The van der Waals surface area contributed by atoms with Crippen LogP contribution < -0.4 is 10.2 Å². The Morgan fingerprint density at radius 2 is 2.21 bits per heavy atom. The topological polar surface area (TPSA) is 61.8 Å². The van der Waals surface area contributed by atoms with E-state index < -0.39 is 0 Å². The van der Waals surface area contributed by atoms with Crippen molar-refractivity contribution in [3.05, 3.63) is 29.3 Å². The first kappa shape index (κ1) is 15.0. The molecule has 5 nitrogen and oxygen atoms in total. The fraction of sp³-hybridized carbons (Fsp3) is 0.357. The number of ether oxygens (including phenoxy) is 1. The molecule has 0 bridgehead atoms. The zero-order valence-corrected chi connectivity index (χ0v) is 11.4. The van der Waals surface area contributed by atoms with Gasteiger partial charge in [0, 0.05) is 26.1 Å². The molecule has 102 valence electrons. The molecular formula is C14H18N2O3. The Morgan fingerprint density at radius 1 is 1.47 bits per heavy atom. The van der Waals surface area contributed by atoms with Gasteiger partial charge in [-0.2, -0.15) is 0 Å². The largest absolute Gasteiger partial charge is 0.495 e. The molecule has 1 rings (SSSR count). The van der Waals surface area contributed by atoms with Gasteiger partial charge < -0.3 is 9.84 Å². The number of nitrogens with one attached hydrogen (secondary N) is 1. The summed E-state index contributed by atoms with van der Waals surface area (Å²) < 4.78 is 5.18. The van der Waals surface area contributed by atoms with E-state index in [1.54, 1.807) is 44.4 Å². The molecule has 0 fully saturated rings. The summed E-state index contributed by atoms with van der Waals surface area (Å²) in [5.41, 5.74) is 3.79. The van der Waals surface area contributed by atoms with Crippen molar-refractivity contribution >= 4 is 5.91 Å². The van der Waals surface area contributed by atoms with Gasteiger partial charge in [-0.25, -0.2) is 5.01 Å². The molecule has 1 amide bonds. The van der Waals surface area contributed by atoms with Gasteiger partial charge in [0.2, 0.25) is 0 Å². The van der Waals surface area contributed by atoms with Crippen LogP contribution in [-0.4, -0.2) is 43.8 Å². The zero-order valence-electron chi connectivity index (χ0n) is 11.4. The first-order valence-electron chi connectivity index (χ1n) is 5.84. The molecule has 0 spiro atoms.